The molecule has 7 heteroatoms. The highest BCUT2D eigenvalue weighted by molar-refractivity contribution is 5.99. The molecule has 1 amide bonds. The highest BCUT2D eigenvalue weighted by Gasteiger charge is 2.26. The summed E-state index contributed by atoms with van der Waals surface area (Å²) in [7, 11) is 0. The van der Waals surface area contributed by atoms with E-state index in [0.717, 1.165) is 12.8 Å². The van der Waals surface area contributed by atoms with Gasteiger partial charge in [0.2, 0.25) is 0 Å². The van der Waals surface area contributed by atoms with Gasteiger partial charge in [0, 0.05) is 19.3 Å². The van der Waals surface area contributed by atoms with E-state index in [4.69, 9.17) is 0 Å². The van der Waals surface area contributed by atoms with Crippen LogP contribution in [0, 0.1) is 5.92 Å². The van der Waals surface area contributed by atoms with Gasteiger partial charge in [0.25, 0.3) is 11.5 Å². The smallest absolute Gasteiger partial charge is 0.275 e. The highest BCUT2D eigenvalue weighted by atomic mass is 16.2. The Kier molecular flexibility index (Phi) is 3.14. The Labute approximate surface area is 132 Å². The molecule has 0 saturated carbocycles. The van der Waals surface area contributed by atoms with E-state index in [9.17, 15) is 9.59 Å². The number of nitrogens with one attached hydrogen (secondary N) is 1. The molecule has 1 aliphatic heterocycles. The standard InChI is InChI=1S/C16H17N5O2/c1-10-4-7-20(8-5-10)16(23)12-13-15(22)19-11-3-2-6-17-14(11)21(13)9-18-12/h2-3,6,9-10H,4-5,7-8H2,1H3,(H,19,22). The normalized spacial score (nSPS) is 16.3. The summed E-state index contributed by atoms with van der Waals surface area (Å²) < 4.78 is 1.59. The number of carbonyl (C=O) groups excluding carboxylic acids is 1. The third-order valence-electron chi connectivity index (χ3n) is 4.52. The Hall–Kier alpha value is -2.70. The van der Waals surface area contributed by atoms with Crippen molar-refractivity contribution in [3.8, 4) is 0 Å². The van der Waals surface area contributed by atoms with E-state index < -0.39 is 0 Å². The van der Waals surface area contributed by atoms with E-state index in [-0.39, 0.29) is 22.7 Å². The molecule has 3 aromatic heterocycles. The number of piperidine rings is 1. The average molecular weight is 311 g/mol. The van der Waals surface area contributed by atoms with Crippen LogP contribution >= 0.6 is 0 Å². The molecule has 0 radical (unpaired) electrons. The van der Waals surface area contributed by atoms with Crippen LogP contribution in [0.3, 0.4) is 0 Å². The molecule has 23 heavy (non-hydrogen) atoms. The van der Waals surface area contributed by atoms with Gasteiger partial charge >= 0.3 is 0 Å². The lowest BCUT2D eigenvalue weighted by Gasteiger charge is -2.29. The molecule has 0 spiro atoms. The number of aromatic nitrogens is 4. The van der Waals surface area contributed by atoms with Gasteiger partial charge in [-0.1, -0.05) is 6.92 Å². The zero-order valence-corrected chi connectivity index (χ0v) is 12.8. The van der Waals surface area contributed by atoms with Crippen LogP contribution in [-0.4, -0.2) is 43.2 Å². The number of amides is 1. The number of carbonyl (C=O) groups is 1. The Balaban J connectivity index is 1.84. The number of imidazole rings is 1. The molecular formula is C16H17N5O2. The van der Waals surface area contributed by atoms with Gasteiger partial charge in [0.15, 0.2) is 11.3 Å². The molecule has 7 nitrogen and oxygen atoms in total. The minimum atomic E-state index is -0.322. The number of likely N-dealkylation sites (tertiary alicyclic amines) is 1. The molecule has 1 saturated heterocycles. The summed E-state index contributed by atoms with van der Waals surface area (Å²) in [6.45, 7) is 3.61. The van der Waals surface area contributed by atoms with Gasteiger partial charge in [-0.05, 0) is 30.9 Å². The monoisotopic (exact) mass is 311 g/mol. The zero-order valence-electron chi connectivity index (χ0n) is 12.8. The quantitative estimate of drug-likeness (QED) is 0.737. The van der Waals surface area contributed by atoms with Crippen LogP contribution in [0.5, 0.6) is 0 Å². The molecule has 0 bridgehead atoms. The second kappa shape index (κ2) is 5.19. The molecule has 1 N–H and O–H groups in total. The molecule has 1 aliphatic rings. The van der Waals surface area contributed by atoms with Crippen LogP contribution in [0.4, 0.5) is 0 Å². The van der Waals surface area contributed by atoms with Crippen LogP contribution in [-0.2, 0) is 0 Å². The number of aromatic amines is 1. The van der Waals surface area contributed by atoms with Crippen LogP contribution in [0.2, 0.25) is 0 Å². The lowest BCUT2D eigenvalue weighted by Crippen LogP contribution is -2.38. The largest absolute Gasteiger partial charge is 0.337 e. The Morgan fingerprint density at radius 1 is 1.30 bits per heavy atom. The zero-order chi connectivity index (χ0) is 16.0. The maximum absolute atomic E-state index is 12.7. The van der Waals surface area contributed by atoms with Crippen molar-refractivity contribution in [1.29, 1.82) is 0 Å². The van der Waals surface area contributed by atoms with Crippen molar-refractivity contribution < 1.29 is 4.79 Å². The Bertz CT molecular complexity index is 950. The molecule has 0 unspecified atom stereocenters. The number of hydrogen-bond acceptors (Lipinski definition) is 4. The molecule has 0 atom stereocenters. The first-order valence-electron chi connectivity index (χ1n) is 7.78. The highest BCUT2D eigenvalue weighted by Crippen LogP contribution is 2.19. The molecule has 4 heterocycles. The van der Waals surface area contributed by atoms with Crippen molar-refractivity contribution in [2.75, 3.05) is 13.1 Å². The van der Waals surface area contributed by atoms with E-state index in [2.05, 4.69) is 21.9 Å². The number of nitrogens with zero attached hydrogens (tertiary/aromatic N) is 4. The minimum absolute atomic E-state index is 0.180. The van der Waals surface area contributed by atoms with Gasteiger partial charge in [-0.25, -0.2) is 9.97 Å². The molecule has 118 valence electrons. The molecule has 0 aromatic carbocycles. The SMILES string of the molecule is CC1CCN(C(=O)c2ncn3c2c(=O)[nH]c2cccnc23)CC1. The molecular weight excluding hydrogens is 294 g/mol. The predicted molar refractivity (Wildman–Crippen MR) is 85.4 cm³/mol. The maximum atomic E-state index is 12.7. The van der Waals surface area contributed by atoms with Crippen molar-refractivity contribution in [3.63, 3.8) is 0 Å². The number of rotatable bonds is 1. The fourth-order valence-electron chi connectivity index (χ4n) is 3.11. The van der Waals surface area contributed by atoms with Gasteiger partial charge < -0.3 is 9.88 Å². The van der Waals surface area contributed by atoms with E-state index in [1.165, 1.54) is 6.33 Å². The molecule has 3 aromatic rings. The number of fused-ring (bicyclic) bond motifs is 3. The first-order valence-corrected chi connectivity index (χ1v) is 7.78. The second-order valence-corrected chi connectivity index (χ2v) is 6.12. The van der Waals surface area contributed by atoms with Crippen LogP contribution in [0.1, 0.15) is 30.3 Å². The first kappa shape index (κ1) is 13.9. The van der Waals surface area contributed by atoms with Crippen molar-refractivity contribution >= 4 is 22.6 Å². The summed E-state index contributed by atoms with van der Waals surface area (Å²) >= 11 is 0. The van der Waals surface area contributed by atoms with Crippen molar-refractivity contribution in [3.05, 3.63) is 40.7 Å². The van der Waals surface area contributed by atoms with E-state index >= 15 is 0 Å². The minimum Gasteiger partial charge on any atom is -0.337 e. The predicted octanol–water partition coefficient (Wildman–Crippen LogP) is 1.44. The topological polar surface area (TPSA) is 83.4 Å². The van der Waals surface area contributed by atoms with Gasteiger partial charge in [0.05, 0.1) is 5.52 Å². The molecule has 4 rings (SSSR count). The molecule has 0 aliphatic carbocycles. The van der Waals surface area contributed by atoms with E-state index in [1.54, 1.807) is 27.6 Å². The third kappa shape index (κ3) is 2.19. The summed E-state index contributed by atoms with van der Waals surface area (Å²) in [5, 5.41) is 0. The Morgan fingerprint density at radius 2 is 2.09 bits per heavy atom. The summed E-state index contributed by atoms with van der Waals surface area (Å²) in [5.41, 5.74) is 1.35. The summed E-state index contributed by atoms with van der Waals surface area (Å²) in [6, 6.07) is 3.53. The maximum Gasteiger partial charge on any atom is 0.275 e. The van der Waals surface area contributed by atoms with E-state index in [1.807, 2.05) is 0 Å². The van der Waals surface area contributed by atoms with Gasteiger partial charge in [-0.3, -0.25) is 14.0 Å². The third-order valence-corrected chi connectivity index (χ3v) is 4.52. The molecule has 1 fully saturated rings. The lowest BCUT2D eigenvalue weighted by atomic mass is 9.99. The summed E-state index contributed by atoms with van der Waals surface area (Å²) in [5.74, 6) is 0.453. The van der Waals surface area contributed by atoms with Crippen LogP contribution in [0.25, 0.3) is 16.7 Å². The Morgan fingerprint density at radius 3 is 2.87 bits per heavy atom. The average Bonchev–Trinajstić information content (AvgIpc) is 3.01. The van der Waals surface area contributed by atoms with Gasteiger partial charge in [-0.15, -0.1) is 0 Å². The summed E-state index contributed by atoms with van der Waals surface area (Å²) in [4.78, 5) is 38.2. The number of H-pyrrole nitrogens is 1. The second-order valence-electron chi connectivity index (χ2n) is 6.12. The summed E-state index contributed by atoms with van der Waals surface area (Å²) in [6.07, 6.45) is 5.12. The lowest BCUT2D eigenvalue weighted by molar-refractivity contribution is 0.0694. The van der Waals surface area contributed by atoms with Crippen molar-refractivity contribution in [2.45, 2.75) is 19.8 Å². The van der Waals surface area contributed by atoms with Gasteiger partial charge in [0.1, 0.15) is 11.8 Å². The van der Waals surface area contributed by atoms with Crippen molar-refractivity contribution in [2.24, 2.45) is 5.92 Å². The van der Waals surface area contributed by atoms with E-state index in [0.29, 0.717) is 30.2 Å². The van der Waals surface area contributed by atoms with Crippen LogP contribution < -0.4 is 5.56 Å². The number of pyridine rings is 1. The van der Waals surface area contributed by atoms with Gasteiger partial charge in [-0.2, -0.15) is 0 Å². The number of hydrogen-bond donors (Lipinski definition) is 1. The van der Waals surface area contributed by atoms with Crippen LogP contribution in [0.15, 0.2) is 29.5 Å². The van der Waals surface area contributed by atoms with Crippen molar-refractivity contribution in [1.82, 2.24) is 24.3 Å². The first-order chi connectivity index (χ1) is 11.1. The fourth-order valence-corrected chi connectivity index (χ4v) is 3.11. The fraction of sp³-hybridized carbons (Fsp3) is 0.375.